The van der Waals surface area contributed by atoms with Crippen molar-refractivity contribution in [3.8, 4) is 0 Å². The molecule has 1 aromatic carbocycles. The van der Waals surface area contributed by atoms with Crippen LogP contribution >= 0.6 is 0 Å². The number of aryl methyl sites for hydroxylation is 2. The van der Waals surface area contributed by atoms with Crippen LogP contribution in [0.25, 0.3) is 0 Å². The third kappa shape index (κ3) is 3.45. The van der Waals surface area contributed by atoms with Crippen LogP contribution in [0.3, 0.4) is 0 Å². The van der Waals surface area contributed by atoms with Crippen LogP contribution in [-0.2, 0) is 9.53 Å². The van der Waals surface area contributed by atoms with Crippen LogP contribution in [0.5, 0.6) is 0 Å². The predicted octanol–water partition coefficient (Wildman–Crippen LogP) is 5.13. The molecule has 1 aliphatic heterocycles. The van der Waals surface area contributed by atoms with E-state index in [1.807, 2.05) is 0 Å². The topological polar surface area (TPSA) is 29.5 Å². The SMILES string of the molecule is CCCC[C@@H](C(=O)OC)N1c2cc(C)c(C)cc2[C@@H](C)CC1(C)C. The Morgan fingerprint density at radius 1 is 1.33 bits per heavy atom. The molecule has 3 nitrogen and oxygen atoms in total. The van der Waals surface area contributed by atoms with Crippen LogP contribution in [0.4, 0.5) is 5.69 Å². The van der Waals surface area contributed by atoms with Gasteiger partial charge in [0.2, 0.25) is 0 Å². The molecule has 134 valence electrons. The highest BCUT2D eigenvalue weighted by Crippen LogP contribution is 2.46. The Labute approximate surface area is 147 Å². The molecule has 0 N–H and O–H groups in total. The molecule has 1 aromatic rings. The second-order valence-corrected chi connectivity index (χ2v) is 7.96. The fourth-order valence-corrected chi connectivity index (χ4v) is 4.19. The second kappa shape index (κ2) is 7.16. The summed E-state index contributed by atoms with van der Waals surface area (Å²) in [5, 5.41) is 0. The van der Waals surface area contributed by atoms with Crippen LogP contribution in [0.2, 0.25) is 0 Å². The predicted molar refractivity (Wildman–Crippen MR) is 101 cm³/mol. The molecule has 3 heteroatoms. The van der Waals surface area contributed by atoms with Gasteiger partial charge in [0.05, 0.1) is 7.11 Å². The zero-order valence-electron chi connectivity index (χ0n) is 16.4. The summed E-state index contributed by atoms with van der Waals surface area (Å²) in [6.45, 7) is 13.3. The maximum Gasteiger partial charge on any atom is 0.328 e. The number of benzene rings is 1. The van der Waals surface area contributed by atoms with Crippen LogP contribution in [0.15, 0.2) is 12.1 Å². The minimum Gasteiger partial charge on any atom is -0.467 e. The van der Waals surface area contributed by atoms with E-state index in [2.05, 4.69) is 58.6 Å². The molecule has 0 spiro atoms. The highest BCUT2D eigenvalue weighted by atomic mass is 16.5. The summed E-state index contributed by atoms with van der Waals surface area (Å²) in [7, 11) is 1.50. The summed E-state index contributed by atoms with van der Waals surface area (Å²) in [6, 6.07) is 4.37. The first kappa shape index (κ1) is 18.8. The molecule has 0 fully saturated rings. The third-order valence-electron chi connectivity index (χ3n) is 5.51. The molecular weight excluding hydrogens is 298 g/mol. The molecule has 0 amide bonds. The van der Waals surface area contributed by atoms with Crippen LogP contribution in [0, 0.1) is 13.8 Å². The largest absolute Gasteiger partial charge is 0.467 e. The monoisotopic (exact) mass is 331 g/mol. The van der Waals surface area contributed by atoms with Crippen molar-refractivity contribution in [3.63, 3.8) is 0 Å². The van der Waals surface area contributed by atoms with Gasteiger partial charge in [0.15, 0.2) is 0 Å². The summed E-state index contributed by atoms with van der Waals surface area (Å²) in [5.74, 6) is 0.380. The molecule has 0 aliphatic carbocycles. The minimum absolute atomic E-state index is 0.0687. The Balaban J connectivity index is 2.58. The van der Waals surface area contributed by atoms with Crippen molar-refractivity contribution in [2.45, 2.75) is 84.7 Å². The highest BCUT2D eigenvalue weighted by Gasteiger charge is 2.42. The lowest BCUT2D eigenvalue weighted by atomic mass is 9.77. The van der Waals surface area contributed by atoms with Gasteiger partial charge >= 0.3 is 5.97 Å². The van der Waals surface area contributed by atoms with Gasteiger partial charge in [0, 0.05) is 11.2 Å². The van der Waals surface area contributed by atoms with E-state index < -0.39 is 0 Å². The Hall–Kier alpha value is -1.51. The van der Waals surface area contributed by atoms with Gasteiger partial charge in [-0.15, -0.1) is 0 Å². The number of methoxy groups -OCH3 is 1. The van der Waals surface area contributed by atoms with Crippen LogP contribution in [-0.4, -0.2) is 24.7 Å². The number of anilines is 1. The first-order valence-corrected chi connectivity index (χ1v) is 9.21. The number of esters is 1. The van der Waals surface area contributed by atoms with Crippen molar-refractivity contribution < 1.29 is 9.53 Å². The van der Waals surface area contributed by atoms with Gasteiger partial charge in [0.25, 0.3) is 0 Å². The molecule has 1 heterocycles. The normalized spacial score (nSPS) is 20.5. The second-order valence-electron chi connectivity index (χ2n) is 7.96. The molecule has 0 aromatic heterocycles. The first-order chi connectivity index (χ1) is 11.2. The van der Waals surface area contributed by atoms with Crippen LogP contribution in [0.1, 0.15) is 76.0 Å². The van der Waals surface area contributed by atoms with Crippen molar-refractivity contribution in [3.05, 3.63) is 28.8 Å². The van der Waals surface area contributed by atoms with E-state index in [0.717, 1.165) is 25.7 Å². The number of fused-ring (bicyclic) bond motifs is 1. The maximum absolute atomic E-state index is 12.6. The Bertz CT molecular complexity index is 606. The standard InChI is InChI=1S/C21H33NO2/c1-8-9-10-18(20(23)24-7)22-19-12-15(3)14(2)11-17(19)16(4)13-21(22,5)6/h11-12,16,18H,8-10,13H2,1-7H3/t16-,18-/m0/s1. The van der Waals surface area contributed by atoms with Gasteiger partial charge < -0.3 is 9.64 Å². The highest BCUT2D eigenvalue weighted by molar-refractivity contribution is 5.82. The van der Waals surface area contributed by atoms with Crippen molar-refractivity contribution >= 4 is 11.7 Å². The Morgan fingerprint density at radius 2 is 1.96 bits per heavy atom. The summed E-state index contributed by atoms with van der Waals surface area (Å²) >= 11 is 0. The van der Waals surface area contributed by atoms with E-state index in [0.29, 0.717) is 5.92 Å². The first-order valence-electron chi connectivity index (χ1n) is 9.21. The average Bonchev–Trinajstić information content (AvgIpc) is 2.51. The molecule has 0 bridgehead atoms. The van der Waals surface area contributed by atoms with Crippen molar-refractivity contribution in [1.82, 2.24) is 0 Å². The van der Waals surface area contributed by atoms with Crippen molar-refractivity contribution in [2.75, 3.05) is 12.0 Å². The molecule has 2 rings (SSSR count). The van der Waals surface area contributed by atoms with E-state index in [4.69, 9.17) is 4.74 Å². The summed E-state index contributed by atoms with van der Waals surface area (Å²) in [6.07, 6.45) is 4.00. The number of hydrogen-bond donors (Lipinski definition) is 0. The zero-order chi connectivity index (χ0) is 18.1. The van der Waals surface area contributed by atoms with Gasteiger partial charge in [-0.25, -0.2) is 4.79 Å². The fourth-order valence-electron chi connectivity index (χ4n) is 4.19. The maximum atomic E-state index is 12.6. The minimum atomic E-state index is -0.210. The van der Waals surface area contributed by atoms with Gasteiger partial charge in [-0.3, -0.25) is 0 Å². The van der Waals surface area contributed by atoms with Crippen molar-refractivity contribution in [1.29, 1.82) is 0 Å². The fraction of sp³-hybridized carbons (Fsp3) is 0.667. The number of ether oxygens (including phenoxy) is 1. The average molecular weight is 332 g/mol. The number of nitrogens with zero attached hydrogens (tertiary/aromatic N) is 1. The van der Waals surface area contributed by atoms with E-state index >= 15 is 0 Å². The number of hydrogen-bond acceptors (Lipinski definition) is 3. The molecule has 0 saturated carbocycles. The number of carbonyl (C=O) groups excluding carboxylic acids is 1. The quantitative estimate of drug-likeness (QED) is 0.701. The smallest absolute Gasteiger partial charge is 0.328 e. The molecule has 0 radical (unpaired) electrons. The molecule has 1 aliphatic rings. The number of rotatable bonds is 5. The van der Waals surface area contributed by atoms with E-state index in [1.54, 1.807) is 0 Å². The summed E-state index contributed by atoms with van der Waals surface area (Å²) < 4.78 is 5.17. The van der Waals surface area contributed by atoms with E-state index in [9.17, 15) is 4.79 Å². The summed E-state index contributed by atoms with van der Waals surface area (Å²) in [4.78, 5) is 14.9. The van der Waals surface area contributed by atoms with Crippen LogP contribution < -0.4 is 4.90 Å². The van der Waals surface area contributed by atoms with Gasteiger partial charge in [-0.2, -0.15) is 0 Å². The van der Waals surface area contributed by atoms with E-state index in [1.165, 1.54) is 29.5 Å². The number of carbonyl (C=O) groups is 1. The van der Waals surface area contributed by atoms with E-state index in [-0.39, 0.29) is 17.6 Å². The molecule has 0 saturated heterocycles. The lowest BCUT2D eigenvalue weighted by molar-refractivity contribution is -0.142. The Kier molecular flexibility index (Phi) is 5.62. The third-order valence-corrected chi connectivity index (χ3v) is 5.51. The number of unbranched alkanes of at least 4 members (excludes halogenated alkanes) is 1. The Morgan fingerprint density at radius 3 is 2.54 bits per heavy atom. The molecule has 24 heavy (non-hydrogen) atoms. The molecule has 0 unspecified atom stereocenters. The van der Waals surface area contributed by atoms with Gasteiger partial charge in [0.1, 0.15) is 6.04 Å². The lowest BCUT2D eigenvalue weighted by Gasteiger charge is -2.50. The molecular formula is C21H33NO2. The summed E-state index contributed by atoms with van der Waals surface area (Å²) in [5.41, 5.74) is 5.11. The van der Waals surface area contributed by atoms with Gasteiger partial charge in [-0.1, -0.05) is 32.8 Å². The van der Waals surface area contributed by atoms with Crippen molar-refractivity contribution in [2.24, 2.45) is 0 Å². The van der Waals surface area contributed by atoms with Gasteiger partial charge in [-0.05, 0) is 69.2 Å². The lowest BCUT2D eigenvalue weighted by Crippen LogP contribution is -2.56. The zero-order valence-corrected chi connectivity index (χ0v) is 16.4. The molecule has 2 atom stereocenters.